The molecule has 2 saturated carbocycles. The topological polar surface area (TPSA) is 42.2 Å². The summed E-state index contributed by atoms with van der Waals surface area (Å²) >= 11 is 0. The first kappa shape index (κ1) is 11.3. The first-order chi connectivity index (χ1) is 9.88. The lowest BCUT2D eigenvalue weighted by Crippen LogP contribution is -2.26. The Morgan fingerprint density at radius 1 is 1.25 bits per heavy atom. The van der Waals surface area contributed by atoms with Crippen LogP contribution in [-0.2, 0) is 13.0 Å². The van der Waals surface area contributed by atoms with E-state index < -0.39 is 0 Å². The Hall–Kier alpha value is -1.42. The summed E-state index contributed by atoms with van der Waals surface area (Å²) in [5.41, 5.74) is 5.02. The fourth-order valence-electron chi connectivity index (χ4n) is 4.67. The number of aromatic nitrogens is 3. The predicted octanol–water partition coefficient (Wildman–Crippen LogP) is 2.28. The Bertz CT molecular complexity index is 674. The molecule has 4 heteroatoms. The van der Waals surface area contributed by atoms with E-state index in [1.807, 2.05) is 6.20 Å². The molecule has 2 aliphatic carbocycles. The number of hydrogen-bond donors (Lipinski definition) is 1. The zero-order chi connectivity index (χ0) is 13.1. The molecule has 2 aromatic rings. The summed E-state index contributed by atoms with van der Waals surface area (Å²) < 4.78 is 2.12. The standard InChI is InChI=1S/C16H20N4/c1-2-11-5-10(1)6-13(11)14-7-16-18-9-12-8-17-4-3-15(12)20(16)19-14/h7,9-11,13,17H,1-6,8H2. The van der Waals surface area contributed by atoms with Crippen LogP contribution in [0.1, 0.15) is 48.6 Å². The average Bonchev–Trinajstić information content (AvgIpc) is 3.21. The third-order valence-corrected chi connectivity index (χ3v) is 5.66. The summed E-state index contributed by atoms with van der Waals surface area (Å²) in [5, 5.41) is 8.36. The van der Waals surface area contributed by atoms with E-state index in [0.29, 0.717) is 5.92 Å². The minimum Gasteiger partial charge on any atom is -0.312 e. The molecule has 20 heavy (non-hydrogen) atoms. The second-order valence-corrected chi connectivity index (χ2v) is 6.78. The Morgan fingerprint density at radius 3 is 3.10 bits per heavy atom. The largest absolute Gasteiger partial charge is 0.312 e. The summed E-state index contributed by atoms with van der Waals surface area (Å²) in [6.07, 6.45) is 8.76. The van der Waals surface area contributed by atoms with Crippen LogP contribution >= 0.6 is 0 Å². The number of hydrogen-bond acceptors (Lipinski definition) is 3. The first-order valence-corrected chi connectivity index (χ1v) is 7.95. The third kappa shape index (κ3) is 1.51. The lowest BCUT2D eigenvalue weighted by Gasteiger charge is -2.19. The highest BCUT2D eigenvalue weighted by Crippen LogP contribution is 2.52. The molecule has 4 nitrogen and oxygen atoms in total. The second-order valence-electron chi connectivity index (χ2n) is 6.78. The molecule has 1 aliphatic heterocycles. The molecule has 0 aromatic carbocycles. The molecular weight excluding hydrogens is 248 g/mol. The van der Waals surface area contributed by atoms with E-state index in [-0.39, 0.29) is 0 Å². The van der Waals surface area contributed by atoms with Gasteiger partial charge in [0.1, 0.15) is 0 Å². The van der Waals surface area contributed by atoms with E-state index in [2.05, 4.69) is 20.9 Å². The molecule has 3 unspecified atom stereocenters. The van der Waals surface area contributed by atoms with Gasteiger partial charge in [-0.25, -0.2) is 9.50 Å². The minimum atomic E-state index is 0.702. The molecular formula is C16H20N4. The van der Waals surface area contributed by atoms with Crippen LogP contribution in [0.15, 0.2) is 12.3 Å². The van der Waals surface area contributed by atoms with Crippen LogP contribution in [0, 0.1) is 11.8 Å². The van der Waals surface area contributed by atoms with E-state index >= 15 is 0 Å². The maximum atomic E-state index is 4.95. The van der Waals surface area contributed by atoms with E-state index in [9.17, 15) is 0 Å². The molecule has 0 spiro atoms. The van der Waals surface area contributed by atoms with Crippen LogP contribution in [0.25, 0.3) is 5.65 Å². The van der Waals surface area contributed by atoms with Gasteiger partial charge in [-0.15, -0.1) is 0 Å². The zero-order valence-electron chi connectivity index (χ0n) is 11.7. The summed E-state index contributed by atoms with van der Waals surface area (Å²) in [4.78, 5) is 4.61. The number of nitrogens with zero attached hydrogens (tertiary/aromatic N) is 3. The van der Waals surface area contributed by atoms with Crippen LogP contribution in [-0.4, -0.2) is 21.1 Å². The molecule has 5 rings (SSSR count). The molecule has 2 fully saturated rings. The minimum absolute atomic E-state index is 0.702. The average molecular weight is 268 g/mol. The van der Waals surface area contributed by atoms with Crippen molar-refractivity contribution in [3.8, 4) is 0 Å². The van der Waals surface area contributed by atoms with Crippen LogP contribution in [0.4, 0.5) is 0 Å². The highest BCUT2D eigenvalue weighted by atomic mass is 15.3. The van der Waals surface area contributed by atoms with Gasteiger partial charge in [0.05, 0.1) is 11.4 Å². The molecule has 1 N–H and O–H groups in total. The van der Waals surface area contributed by atoms with Gasteiger partial charge in [-0.2, -0.15) is 5.10 Å². The Labute approximate surface area is 118 Å². The summed E-state index contributed by atoms with van der Waals surface area (Å²) in [5.74, 6) is 2.57. The van der Waals surface area contributed by atoms with Gasteiger partial charge >= 0.3 is 0 Å². The third-order valence-electron chi connectivity index (χ3n) is 5.66. The van der Waals surface area contributed by atoms with Crippen molar-refractivity contribution < 1.29 is 0 Å². The smallest absolute Gasteiger partial charge is 0.155 e. The van der Waals surface area contributed by atoms with Crippen molar-refractivity contribution in [3.63, 3.8) is 0 Å². The van der Waals surface area contributed by atoms with Crippen molar-refractivity contribution >= 4 is 5.65 Å². The SMILES string of the molecule is c1nc2cc(C3CC4CCC3C4)nn2c2c1CNCC2. The molecule has 2 aromatic heterocycles. The van der Waals surface area contributed by atoms with Crippen molar-refractivity contribution in [2.45, 2.75) is 44.6 Å². The molecule has 3 atom stereocenters. The highest BCUT2D eigenvalue weighted by molar-refractivity contribution is 5.44. The molecule has 0 saturated heterocycles. The van der Waals surface area contributed by atoms with E-state index in [1.54, 1.807) is 0 Å². The number of fused-ring (bicyclic) bond motifs is 5. The van der Waals surface area contributed by atoms with Crippen LogP contribution in [0.5, 0.6) is 0 Å². The van der Waals surface area contributed by atoms with Gasteiger partial charge in [-0.3, -0.25) is 0 Å². The monoisotopic (exact) mass is 268 g/mol. The van der Waals surface area contributed by atoms with Gasteiger partial charge in [0.25, 0.3) is 0 Å². The maximum absolute atomic E-state index is 4.95. The van der Waals surface area contributed by atoms with E-state index in [0.717, 1.165) is 37.0 Å². The number of rotatable bonds is 1. The fraction of sp³-hybridized carbons (Fsp3) is 0.625. The van der Waals surface area contributed by atoms with Crippen molar-refractivity contribution in [3.05, 3.63) is 29.2 Å². The fourth-order valence-corrected chi connectivity index (χ4v) is 4.67. The van der Waals surface area contributed by atoms with E-state index in [4.69, 9.17) is 5.10 Å². The van der Waals surface area contributed by atoms with Gasteiger partial charge < -0.3 is 5.32 Å². The van der Waals surface area contributed by atoms with E-state index in [1.165, 1.54) is 42.6 Å². The van der Waals surface area contributed by atoms with Crippen molar-refractivity contribution in [2.24, 2.45) is 11.8 Å². The summed E-state index contributed by atoms with van der Waals surface area (Å²) in [7, 11) is 0. The Kier molecular flexibility index (Phi) is 2.28. The van der Waals surface area contributed by atoms with Crippen molar-refractivity contribution in [2.75, 3.05) is 6.54 Å². The number of nitrogens with one attached hydrogen (secondary N) is 1. The van der Waals surface area contributed by atoms with Gasteiger partial charge in [0, 0.05) is 43.3 Å². The Morgan fingerprint density at radius 2 is 2.25 bits per heavy atom. The Balaban J connectivity index is 1.61. The summed E-state index contributed by atoms with van der Waals surface area (Å²) in [6, 6.07) is 2.24. The van der Waals surface area contributed by atoms with Gasteiger partial charge in [0.2, 0.25) is 0 Å². The van der Waals surface area contributed by atoms with Crippen molar-refractivity contribution in [1.82, 2.24) is 19.9 Å². The molecule has 0 radical (unpaired) electrons. The normalized spacial score (nSPS) is 31.9. The van der Waals surface area contributed by atoms with Crippen LogP contribution in [0.3, 0.4) is 0 Å². The summed E-state index contributed by atoms with van der Waals surface area (Å²) in [6.45, 7) is 1.98. The lowest BCUT2D eigenvalue weighted by molar-refractivity contribution is 0.411. The lowest BCUT2D eigenvalue weighted by atomic mass is 9.86. The van der Waals surface area contributed by atoms with Crippen LogP contribution < -0.4 is 5.32 Å². The molecule has 0 amide bonds. The van der Waals surface area contributed by atoms with Crippen LogP contribution in [0.2, 0.25) is 0 Å². The quantitative estimate of drug-likeness (QED) is 0.863. The first-order valence-electron chi connectivity index (χ1n) is 7.95. The molecule has 2 bridgehead atoms. The van der Waals surface area contributed by atoms with Gasteiger partial charge in [0.15, 0.2) is 5.65 Å². The molecule has 3 aliphatic rings. The molecule has 104 valence electrons. The van der Waals surface area contributed by atoms with Gasteiger partial charge in [-0.05, 0) is 31.1 Å². The highest BCUT2D eigenvalue weighted by Gasteiger charge is 2.41. The van der Waals surface area contributed by atoms with Crippen molar-refractivity contribution in [1.29, 1.82) is 0 Å². The maximum Gasteiger partial charge on any atom is 0.155 e. The van der Waals surface area contributed by atoms with Gasteiger partial charge in [-0.1, -0.05) is 6.42 Å². The second kappa shape index (κ2) is 4.04. The zero-order valence-corrected chi connectivity index (χ0v) is 11.7. The predicted molar refractivity (Wildman–Crippen MR) is 76.6 cm³/mol. The molecule has 3 heterocycles.